The van der Waals surface area contributed by atoms with Crippen LogP contribution in [0.25, 0.3) is 0 Å². The van der Waals surface area contributed by atoms with Crippen LogP contribution in [0.3, 0.4) is 0 Å². The quantitative estimate of drug-likeness (QED) is 0.939. The number of anilines is 1. The van der Waals surface area contributed by atoms with E-state index in [4.69, 9.17) is 4.74 Å². The summed E-state index contributed by atoms with van der Waals surface area (Å²) in [5.74, 6) is 0.836. The molecule has 6 heteroatoms. The number of aliphatic hydroxyl groups excluding tert-OH is 1. The molecule has 1 fully saturated rings. The zero-order chi connectivity index (χ0) is 15.5. The van der Waals surface area contributed by atoms with Crippen molar-refractivity contribution in [3.05, 3.63) is 48.0 Å². The Balaban J connectivity index is 1.90. The van der Waals surface area contributed by atoms with Gasteiger partial charge in [0.1, 0.15) is 5.82 Å². The molecule has 0 radical (unpaired) electrons. The van der Waals surface area contributed by atoms with Gasteiger partial charge in [0.05, 0.1) is 31.1 Å². The fraction of sp³-hybridized carbons (Fsp3) is 0.375. The predicted octanol–water partition coefficient (Wildman–Crippen LogP) is 2.33. The van der Waals surface area contributed by atoms with Crippen molar-refractivity contribution in [1.29, 1.82) is 0 Å². The van der Waals surface area contributed by atoms with Gasteiger partial charge in [-0.3, -0.25) is 4.98 Å². The highest BCUT2D eigenvalue weighted by atomic mass is 19.1. The molecular weight excluding hydrogens is 285 g/mol. The summed E-state index contributed by atoms with van der Waals surface area (Å²) in [5, 5.41) is 10.0. The first-order chi connectivity index (χ1) is 10.7. The van der Waals surface area contributed by atoms with E-state index >= 15 is 0 Å². The van der Waals surface area contributed by atoms with E-state index in [0.717, 1.165) is 5.56 Å². The summed E-state index contributed by atoms with van der Waals surface area (Å²) in [6.45, 7) is 2.86. The Hall–Kier alpha value is -2.21. The zero-order valence-corrected chi connectivity index (χ0v) is 12.3. The lowest BCUT2D eigenvalue weighted by Crippen LogP contribution is -2.25. The lowest BCUT2D eigenvalue weighted by Gasteiger charge is -2.25. The van der Waals surface area contributed by atoms with Gasteiger partial charge in [-0.05, 0) is 31.0 Å². The zero-order valence-electron chi connectivity index (χ0n) is 12.3. The molecule has 1 aromatic carbocycles. The van der Waals surface area contributed by atoms with Crippen LogP contribution in [-0.2, 0) is 0 Å². The number of nitrogens with zero attached hydrogens (tertiary/aromatic N) is 3. The maximum Gasteiger partial charge on any atom is 0.234 e. The van der Waals surface area contributed by atoms with E-state index in [2.05, 4.69) is 9.97 Å². The molecule has 2 aromatic rings. The summed E-state index contributed by atoms with van der Waals surface area (Å²) in [5.41, 5.74) is 0.946. The third-order valence-electron chi connectivity index (χ3n) is 3.72. The lowest BCUT2D eigenvalue weighted by atomic mass is 10.0. The molecule has 3 rings (SSSR count). The molecule has 1 saturated heterocycles. The Morgan fingerprint density at radius 1 is 1.32 bits per heavy atom. The minimum absolute atomic E-state index is 0.0539. The maximum atomic E-state index is 13.1. The van der Waals surface area contributed by atoms with Crippen LogP contribution in [0.2, 0.25) is 0 Å². The minimum atomic E-state index is -0.451. The molecule has 5 nitrogen and oxygen atoms in total. The van der Waals surface area contributed by atoms with E-state index in [1.807, 2.05) is 11.8 Å². The number of rotatable bonds is 4. The normalized spacial score (nSPS) is 21.1. The van der Waals surface area contributed by atoms with Crippen molar-refractivity contribution in [3.8, 4) is 5.88 Å². The van der Waals surface area contributed by atoms with Crippen molar-refractivity contribution in [1.82, 2.24) is 9.97 Å². The summed E-state index contributed by atoms with van der Waals surface area (Å²) in [7, 11) is 0. The molecule has 0 aliphatic carbocycles. The van der Waals surface area contributed by atoms with Crippen molar-refractivity contribution in [3.63, 3.8) is 0 Å². The molecule has 0 saturated carbocycles. The van der Waals surface area contributed by atoms with Crippen LogP contribution in [0, 0.1) is 5.82 Å². The molecule has 22 heavy (non-hydrogen) atoms. The molecule has 2 heterocycles. The molecule has 0 spiro atoms. The van der Waals surface area contributed by atoms with Crippen molar-refractivity contribution in [2.45, 2.75) is 25.5 Å². The highest BCUT2D eigenvalue weighted by Gasteiger charge is 2.33. The van der Waals surface area contributed by atoms with Crippen LogP contribution in [0.5, 0.6) is 5.88 Å². The molecule has 1 aliphatic heterocycles. The molecule has 2 atom stereocenters. The number of aromatic nitrogens is 2. The van der Waals surface area contributed by atoms with Crippen molar-refractivity contribution in [2.75, 3.05) is 18.1 Å². The predicted molar refractivity (Wildman–Crippen MR) is 80.3 cm³/mol. The van der Waals surface area contributed by atoms with Crippen LogP contribution < -0.4 is 9.64 Å². The first kappa shape index (κ1) is 14.7. The van der Waals surface area contributed by atoms with Gasteiger partial charge < -0.3 is 14.7 Å². The maximum absolute atomic E-state index is 13.1. The number of hydrogen-bond donors (Lipinski definition) is 1. The average Bonchev–Trinajstić information content (AvgIpc) is 2.91. The van der Waals surface area contributed by atoms with Crippen LogP contribution in [0.4, 0.5) is 10.2 Å². The Bertz CT molecular complexity index is 636. The molecule has 116 valence electrons. The molecular formula is C16H18FN3O2. The van der Waals surface area contributed by atoms with Gasteiger partial charge >= 0.3 is 0 Å². The second-order valence-electron chi connectivity index (χ2n) is 5.26. The van der Waals surface area contributed by atoms with E-state index < -0.39 is 6.10 Å². The second-order valence-corrected chi connectivity index (χ2v) is 5.26. The first-order valence-electron chi connectivity index (χ1n) is 7.32. The number of benzene rings is 1. The SMILES string of the molecule is CCOc1cncc(N2C[C@@H](O)C[C@H]2c2ccc(F)cc2)n1. The molecule has 1 N–H and O–H groups in total. The number of hydrogen-bond acceptors (Lipinski definition) is 5. The van der Waals surface area contributed by atoms with Crippen molar-refractivity contribution in [2.24, 2.45) is 0 Å². The highest BCUT2D eigenvalue weighted by Crippen LogP contribution is 2.35. The summed E-state index contributed by atoms with van der Waals surface area (Å²) in [4.78, 5) is 10.6. The van der Waals surface area contributed by atoms with Crippen LogP contribution in [-0.4, -0.2) is 34.3 Å². The van der Waals surface area contributed by atoms with E-state index in [1.165, 1.54) is 12.1 Å². The van der Waals surface area contributed by atoms with Crippen LogP contribution >= 0.6 is 0 Å². The van der Waals surface area contributed by atoms with Gasteiger partial charge in [-0.15, -0.1) is 0 Å². The van der Waals surface area contributed by atoms with Crippen LogP contribution in [0.15, 0.2) is 36.7 Å². The second kappa shape index (κ2) is 6.27. The number of β-amino-alcohol motifs (C(OH)–C–C–N with tert-alkyl or cyclic N) is 1. The molecule has 1 aromatic heterocycles. The van der Waals surface area contributed by atoms with E-state index in [1.54, 1.807) is 24.5 Å². The van der Waals surface area contributed by atoms with Crippen LogP contribution in [0.1, 0.15) is 24.9 Å². The smallest absolute Gasteiger partial charge is 0.234 e. The Labute approximate surface area is 128 Å². The summed E-state index contributed by atoms with van der Waals surface area (Å²) >= 11 is 0. The summed E-state index contributed by atoms with van der Waals surface area (Å²) in [6.07, 6.45) is 3.34. The number of halogens is 1. The molecule has 0 bridgehead atoms. The monoisotopic (exact) mass is 303 g/mol. The van der Waals surface area contributed by atoms with Gasteiger partial charge in [-0.25, -0.2) is 4.39 Å². The molecule has 1 aliphatic rings. The highest BCUT2D eigenvalue weighted by molar-refractivity contribution is 5.44. The standard InChI is InChI=1S/C16H18FN3O2/c1-2-22-16-9-18-8-15(19-16)20-10-13(21)7-14(20)11-3-5-12(17)6-4-11/h3-6,8-9,13-14,21H,2,7,10H2,1H3/t13-,14-/m0/s1. The number of aliphatic hydroxyl groups is 1. The van der Waals surface area contributed by atoms with Gasteiger partial charge in [0.2, 0.25) is 5.88 Å². The van der Waals surface area contributed by atoms with E-state index in [0.29, 0.717) is 31.3 Å². The topological polar surface area (TPSA) is 58.5 Å². The molecule has 0 amide bonds. The summed E-state index contributed by atoms with van der Waals surface area (Å²) < 4.78 is 18.5. The Morgan fingerprint density at radius 3 is 2.82 bits per heavy atom. The summed E-state index contributed by atoms with van der Waals surface area (Å²) in [6, 6.07) is 6.29. The van der Waals surface area contributed by atoms with E-state index in [-0.39, 0.29) is 11.9 Å². The van der Waals surface area contributed by atoms with E-state index in [9.17, 15) is 9.50 Å². The van der Waals surface area contributed by atoms with Crippen molar-refractivity contribution >= 4 is 5.82 Å². The van der Waals surface area contributed by atoms with Gasteiger partial charge in [0, 0.05) is 6.54 Å². The third-order valence-corrected chi connectivity index (χ3v) is 3.72. The fourth-order valence-corrected chi connectivity index (χ4v) is 2.76. The Kier molecular flexibility index (Phi) is 4.20. The fourth-order valence-electron chi connectivity index (χ4n) is 2.76. The Morgan fingerprint density at radius 2 is 2.09 bits per heavy atom. The van der Waals surface area contributed by atoms with Gasteiger partial charge in [-0.2, -0.15) is 4.98 Å². The first-order valence-corrected chi connectivity index (χ1v) is 7.32. The third kappa shape index (κ3) is 3.01. The molecule has 0 unspecified atom stereocenters. The van der Waals surface area contributed by atoms with Crippen molar-refractivity contribution < 1.29 is 14.2 Å². The lowest BCUT2D eigenvalue weighted by molar-refractivity contribution is 0.194. The minimum Gasteiger partial charge on any atom is -0.477 e. The van der Waals surface area contributed by atoms with Gasteiger partial charge in [0.15, 0.2) is 5.82 Å². The number of ether oxygens (including phenoxy) is 1. The van der Waals surface area contributed by atoms with Gasteiger partial charge in [-0.1, -0.05) is 12.1 Å². The van der Waals surface area contributed by atoms with Gasteiger partial charge in [0.25, 0.3) is 0 Å². The average molecular weight is 303 g/mol. The largest absolute Gasteiger partial charge is 0.477 e.